The van der Waals surface area contributed by atoms with Crippen molar-refractivity contribution in [2.24, 2.45) is 11.5 Å². The average molecular weight is 643 g/mol. The van der Waals surface area contributed by atoms with Gasteiger partial charge < -0.3 is 31.8 Å². The van der Waals surface area contributed by atoms with Gasteiger partial charge in [-0.1, -0.05) is 18.2 Å². The van der Waals surface area contributed by atoms with Crippen LogP contribution in [0, 0.1) is 11.2 Å². The van der Waals surface area contributed by atoms with Gasteiger partial charge in [0.15, 0.2) is 17.5 Å². The van der Waals surface area contributed by atoms with Crippen LogP contribution in [0.5, 0.6) is 5.75 Å². The largest absolute Gasteiger partial charge is 0.573 e. The van der Waals surface area contributed by atoms with E-state index in [1.165, 1.54) is 22.9 Å². The molecule has 0 unspecified atom stereocenters. The quantitative estimate of drug-likeness (QED) is 0.0479. The molecule has 8 N–H and O–H groups in total. The Kier molecular flexibility index (Phi) is 10.9. The van der Waals surface area contributed by atoms with Crippen molar-refractivity contribution >= 4 is 17.0 Å². The van der Waals surface area contributed by atoms with Gasteiger partial charge in [0.1, 0.15) is 5.65 Å². The van der Waals surface area contributed by atoms with Crippen molar-refractivity contribution in [3.05, 3.63) is 88.7 Å². The molecule has 0 saturated heterocycles. The van der Waals surface area contributed by atoms with E-state index < -0.39 is 23.6 Å². The molecule has 0 radical (unpaired) electrons. The predicted molar refractivity (Wildman–Crippen MR) is 170 cm³/mol. The summed E-state index contributed by atoms with van der Waals surface area (Å²) < 4.78 is 60.0. The smallest absolute Gasteiger partial charge is 0.403 e. The monoisotopic (exact) mass is 642 g/mol. The number of alkyl halides is 3. The molecule has 0 aliphatic carbocycles. The zero-order chi connectivity index (χ0) is 33.6. The summed E-state index contributed by atoms with van der Waals surface area (Å²) in [6.07, 6.45) is 0.490. The van der Waals surface area contributed by atoms with Crippen LogP contribution in [0.15, 0.2) is 66.1 Å². The first-order valence-electron chi connectivity index (χ1n) is 14.8. The molecular formula is C32H38F4N8O2. The Morgan fingerprint density at radius 2 is 1.91 bits per heavy atom. The number of guanidine groups is 1. The van der Waals surface area contributed by atoms with Crippen molar-refractivity contribution in [1.29, 1.82) is 5.41 Å². The van der Waals surface area contributed by atoms with Crippen LogP contribution in [0.25, 0.3) is 28.0 Å². The van der Waals surface area contributed by atoms with E-state index in [0.717, 1.165) is 11.6 Å². The van der Waals surface area contributed by atoms with Crippen LogP contribution in [-0.4, -0.2) is 45.5 Å². The first-order chi connectivity index (χ1) is 21.7. The third-order valence-corrected chi connectivity index (χ3v) is 7.44. The molecule has 0 spiro atoms. The molecule has 0 amide bonds. The zero-order valence-electron chi connectivity index (χ0n) is 25.5. The summed E-state index contributed by atoms with van der Waals surface area (Å²) in [5.74, 6) is -2.23. The summed E-state index contributed by atoms with van der Waals surface area (Å²) >= 11 is 0. The molecular weight excluding hydrogens is 604 g/mol. The number of hydrogen-bond acceptors (Lipinski definition) is 6. The number of aromatic amines is 1. The van der Waals surface area contributed by atoms with Crippen LogP contribution < -0.4 is 32.5 Å². The Labute approximate surface area is 263 Å². The molecule has 14 heteroatoms. The zero-order valence-corrected chi connectivity index (χ0v) is 25.5. The second-order valence-electron chi connectivity index (χ2n) is 11.2. The van der Waals surface area contributed by atoms with Gasteiger partial charge in [0.2, 0.25) is 0 Å². The van der Waals surface area contributed by atoms with Crippen LogP contribution in [0.2, 0.25) is 0 Å². The fourth-order valence-electron chi connectivity index (χ4n) is 5.12. The molecule has 2 aromatic heterocycles. The van der Waals surface area contributed by atoms with Crippen LogP contribution >= 0.6 is 0 Å². The van der Waals surface area contributed by atoms with Crippen LogP contribution in [0.3, 0.4) is 0 Å². The molecule has 0 aliphatic rings. The number of fused-ring (bicyclic) bond motifs is 1. The van der Waals surface area contributed by atoms with Gasteiger partial charge >= 0.3 is 12.1 Å². The van der Waals surface area contributed by atoms with E-state index in [0.29, 0.717) is 48.9 Å². The van der Waals surface area contributed by atoms with Crippen molar-refractivity contribution in [2.45, 2.75) is 64.0 Å². The molecule has 4 rings (SSSR count). The number of nitrogens with one attached hydrogen (secondary N) is 4. The number of ether oxygens (including phenoxy) is 1. The lowest BCUT2D eigenvalue weighted by Crippen LogP contribution is -2.36. The second-order valence-corrected chi connectivity index (χ2v) is 11.2. The highest BCUT2D eigenvalue weighted by atomic mass is 19.4. The Hall–Kier alpha value is -4.69. The minimum atomic E-state index is -5.09. The Bertz CT molecular complexity index is 1730. The number of aromatic nitrogens is 3. The molecule has 46 heavy (non-hydrogen) atoms. The van der Waals surface area contributed by atoms with Gasteiger partial charge in [-0.3, -0.25) is 9.98 Å². The number of benzene rings is 2. The maximum atomic E-state index is 15.4. The molecule has 0 aliphatic heterocycles. The van der Waals surface area contributed by atoms with Crippen molar-refractivity contribution < 1.29 is 22.3 Å². The van der Waals surface area contributed by atoms with Gasteiger partial charge in [0.05, 0.1) is 11.4 Å². The van der Waals surface area contributed by atoms with Gasteiger partial charge in [0.25, 0.3) is 0 Å². The molecule has 2 heterocycles. The van der Waals surface area contributed by atoms with Crippen molar-refractivity contribution in [3.63, 3.8) is 0 Å². The molecule has 0 bridgehead atoms. The third-order valence-electron chi connectivity index (χ3n) is 7.44. The summed E-state index contributed by atoms with van der Waals surface area (Å²) in [6.45, 7) is 8.19. The van der Waals surface area contributed by atoms with Gasteiger partial charge in [-0.2, -0.15) is 4.98 Å². The lowest BCUT2D eigenvalue weighted by molar-refractivity contribution is -0.275. The number of aryl methyl sites for hydroxylation is 1. The normalized spacial score (nSPS) is 13.7. The lowest BCUT2D eigenvalue weighted by Gasteiger charge is -2.21. The summed E-state index contributed by atoms with van der Waals surface area (Å²) in [5.41, 5.74) is 12.6. The highest BCUT2D eigenvalue weighted by Crippen LogP contribution is 2.35. The first kappa shape index (κ1) is 34.2. The minimum Gasteiger partial charge on any atom is -0.403 e. The summed E-state index contributed by atoms with van der Waals surface area (Å²) in [7, 11) is 0. The van der Waals surface area contributed by atoms with E-state index >= 15 is 4.39 Å². The maximum absolute atomic E-state index is 15.4. The van der Waals surface area contributed by atoms with E-state index in [1.54, 1.807) is 18.2 Å². The van der Waals surface area contributed by atoms with Crippen LogP contribution in [0.4, 0.5) is 17.6 Å². The molecule has 2 aromatic carbocycles. The summed E-state index contributed by atoms with van der Waals surface area (Å²) in [6, 6.07) is 11.1. The van der Waals surface area contributed by atoms with E-state index in [-0.39, 0.29) is 41.0 Å². The van der Waals surface area contributed by atoms with Crippen LogP contribution in [0.1, 0.15) is 50.3 Å². The fraction of sp³-hybridized carbons (Fsp3) is 0.344. The van der Waals surface area contributed by atoms with Crippen molar-refractivity contribution in [1.82, 2.24) is 25.2 Å². The molecule has 246 valence electrons. The highest BCUT2D eigenvalue weighted by molar-refractivity contribution is 5.83. The van der Waals surface area contributed by atoms with Gasteiger partial charge in [-0.15, -0.1) is 19.8 Å². The molecule has 4 aromatic rings. The van der Waals surface area contributed by atoms with Gasteiger partial charge in [-0.05, 0) is 81.0 Å². The molecule has 0 saturated carbocycles. The third kappa shape index (κ3) is 8.95. The average Bonchev–Trinajstić information content (AvgIpc) is 3.39. The van der Waals surface area contributed by atoms with E-state index in [4.69, 9.17) is 16.9 Å². The Morgan fingerprint density at radius 1 is 1.20 bits per heavy atom. The Morgan fingerprint density at radius 3 is 2.54 bits per heavy atom. The van der Waals surface area contributed by atoms with Crippen molar-refractivity contribution in [2.75, 3.05) is 6.54 Å². The second kappa shape index (κ2) is 14.6. The van der Waals surface area contributed by atoms with E-state index in [1.807, 2.05) is 26.0 Å². The number of hydrogen-bond donors (Lipinski definition) is 6. The highest BCUT2D eigenvalue weighted by Gasteiger charge is 2.33. The molecule has 0 fully saturated rings. The number of nitrogens with zero attached hydrogens (tertiary/aromatic N) is 2. The summed E-state index contributed by atoms with van der Waals surface area (Å²) in [4.78, 5) is 20.0. The topological polar surface area (TPSA) is 160 Å². The minimum absolute atomic E-state index is 0.0326. The predicted octanol–water partition coefficient (Wildman–Crippen LogP) is 5.17. The lowest BCUT2D eigenvalue weighted by atomic mass is 10.0. The van der Waals surface area contributed by atoms with Crippen LogP contribution in [-0.2, 0) is 6.42 Å². The maximum Gasteiger partial charge on any atom is 0.573 e. The molecule has 10 nitrogen and oxygen atoms in total. The number of rotatable bonds is 14. The van der Waals surface area contributed by atoms with E-state index in [9.17, 15) is 18.0 Å². The SMILES string of the molecule is C=C[C@H](CCNC(=N)N)N[C@@H](C)c1ccc(-n2cc3cc(-c4cc(CCC[C@H](C)N)cc(OC(F)(F)F)c4F)[nH]c3nc2=O)cc1. The Balaban J connectivity index is 1.60. The first-order valence-corrected chi connectivity index (χ1v) is 14.8. The van der Waals surface area contributed by atoms with Crippen molar-refractivity contribution in [3.8, 4) is 22.7 Å². The number of nitrogens with two attached hydrogens (primary N) is 2. The summed E-state index contributed by atoms with van der Waals surface area (Å²) in [5, 5.41) is 13.9. The van der Waals surface area contributed by atoms with Gasteiger partial charge in [-0.25, -0.2) is 9.18 Å². The molecule has 3 atom stereocenters. The standard InChI is InChI=1S/C32H38F4N8O2/c1-4-23(12-13-40-30(38)39)41-19(3)21-8-10-24(11-9-21)44-17-22-16-26(42-29(22)43-31(44)45)25-14-20(7-5-6-18(2)37)15-27(28(25)33)46-32(34,35)36/h4,8-11,14-19,23,41H,1,5-7,12-13,37H2,2-3H3,(H4,38,39,40)(H,42,43,45)/t18-,19-,23+/m0/s1. The fourth-order valence-corrected chi connectivity index (χ4v) is 5.12. The van der Waals surface area contributed by atoms with E-state index in [2.05, 4.69) is 31.9 Å². The number of halogens is 4. The van der Waals surface area contributed by atoms with Gasteiger partial charge in [0, 0.05) is 41.8 Å². The number of H-pyrrole nitrogens is 1.